The number of ether oxygens (including phenoxy) is 1. The summed E-state index contributed by atoms with van der Waals surface area (Å²) in [4.78, 5) is 4.63. The largest absolute Gasteiger partial charge is 0.496 e. The average Bonchev–Trinajstić information content (AvgIpc) is 2.37. The van der Waals surface area contributed by atoms with E-state index in [2.05, 4.69) is 25.8 Å². The topological polar surface area (TPSA) is 48.1 Å². The summed E-state index contributed by atoms with van der Waals surface area (Å²) in [6.07, 6.45) is 6.42. The van der Waals surface area contributed by atoms with Crippen LogP contribution in [0.5, 0.6) is 5.75 Å². The van der Waals surface area contributed by atoms with Gasteiger partial charge in [0.25, 0.3) is 0 Å². The van der Waals surface area contributed by atoms with E-state index < -0.39 is 0 Å². The minimum atomic E-state index is 0.302. The Hall–Kier alpha value is -1.09. The molecule has 3 nitrogen and oxygen atoms in total. The van der Waals surface area contributed by atoms with Crippen LogP contribution >= 0.6 is 0 Å². The Bertz CT molecular complexity index is 482. The van der Waals surface area contributed by atoms with E-state index in [1.165, 1.54) is 18.4 Å². The third-order valence-corrected chi connectivity index (χ3v) is 4.78. The van der Waals surface area contributed by atoms with Gasteiger partial charge in [-0.15, -0.1) is 0 Å². The Morgan fingerprint density at radius 1 is 1.40 bits per heavy atom. The normalized spacial score (nSPS) is 25.5. The molecule has 112 valence electrons. The second-order valence-electron chi connectivity index (χ2n) is 7.08. The first-order valence-corrected chi connectivity index (χ1v) is 7.58. The maximum atomic E-state index is 6.34. The summed E-state index contributed by atoms with van der Waals surface area (Å²) >= 11 is 0. The average molecular weight is 276 g/mol. The number of nitrogens with two attached hydrogens (primary N) is 1. The zero-order valence-corrected chi connectivity index (χ0v) is 13.5. The molecule has 1 aliphatic rings. The molecule has 1 aromatic rings. The van der Waals surface area contributed by atoms with E-state index in [1.54, 1.807) is 7.11 Å². The van der Waals surface area contributed by atoms with Crippen LogP contribution in [0.1, 0.15) is 49.9 Å². The van der Waals surface area contributed by atoms with Crippen molar-refractivity contribution in [3.63, 3.8) is 0 Å². The van der Waals surface area contributed by atoms with Crippen LogP contribution in [0.2, 0.25) is 0 Å². The molecule has 2 atom stereocenters. The molecule has 0 amide bonds. The maximum Gasteiger partial charge on any atom is 0.128 e. The predicted molar refractivity (Wildman–Crippen MR) is 83.1 cm³/mol. The fourth-order valence-electron chi connectivity index (χ4n) is 3.51. The van der Waals surface area contributed by atoms with Gasteiger partial charge in [-0.1, -0.05) is 13.8 Å². The quantitative estimate of drug-likeness (QED) is 0.920. The monoisotopic (exact) mass is 276 g/mol. The van der Waals surface area contributed by atoms with E-state index in [9.17, 15) is 0 Å². The van der Waals surface area contributed by atoms with Crippen LogP contribution in [-0.4, -0.2) is 18.1 Å². The highest BCUT2D eigenvalue weighted by Gasteiger charge is 2.33. The Morgan fingerprint density at radius 3 is 2.75 bits per heavy atom. The lowest BCUT2D eigenvalue weighted by atomic mass is 9.68. The first-order chi connectivity index (χ1) is 9.34. The van der Waals surface area contributed by atoms with Crippen molar-refractivity contribution >= 4 is 0 Å². The van der Waals surface area contributed by atoms with Crippen LogP contribution in [0, 0.1) is 25.2 Å². The standard InChI is InChI=1S/C17H28N2O/c1-11-10-19-15(12(2)16(11)20-5)8-13-9-17(3,4)7-6-14(13)18/h10,13-14H,6-9,18H2,1-5H3. The van der Waals surface area contributed by atoms with Gasteiger partial charge in [0.05, 0.1) is 7.11 Å². The van der Waals surface area contributed by atoms with Crippen LogP contribution in [0.15, 0.2) is 6.20 Å². The number of nitrogens with zero attached hydrogens (tertiary/aromatic N) is 1. The summed E-state index contributed by atoms with van der Waals surface area (Å²) in [6.45, 7) is 8.84. The van der Waals surface area contributed by atoms with Gasteiger partial charge in [0.15, 0.2) is 0 Å². The van der Waals surface area contributed by atoms with Gasteiger partial charge in [-0.2, -0.15) is 0 Å². The number of rotatable bonds is 3. The number of aryl methyl sites for hydroxylation is 1. The van der Waals surface area contributed by atoms with Crippen LogP contribution in [0.4, 0.5) is 0 Å². The van der Waals surface area contributed by atoms with Crippen molar-refractivity contribution in [3.05, 3.63) is 23.0 Å². The van der Waals surface area contributed by atoms with Crippen LogP contribution < -0.4 is 10.5 Å². The molecule has 1 heterocycles. The third-order valence-electron chi connectivity index (χ3n) is 4.78. The van der Waals surface area contributed by atoms with Crippen molar-refractivity contribution in [1.82, 2.24) is 4.98 Å². The number of hydrogen-bond acceptors (Lipinski definition) is 3. The van der Waals surface area contributed by atoms with Gasteiger partial charge < -0.3 is 10.5 Å². The highest BCUT2D eigenvalue weighted by atomic mass is 16.5. The molecule has 1 saturated carbocycles. The summed E-state index contributed by atoms with van der Waals surface area (Å²) in [6, 6.07) is 0.302. The number of hydrogen-bond donors (Lipinski definition) is 1. The Morgan fingerprint density at radius 2 is 2.10 bits per heavy atom. The fraction of sp³-hybridized carbons (Fsp3) is 0.706. The van der Waals surface area contributed by atoms with Gasteiger partial charge in [-0.25, -0.2) is 0 Å². The molecule has 0 aromatic carbocycles. The van der Waals surface area contributed by atoms with Gasteiger partial charge in [-0.05, 0) is 50.9 Å². The Kier molecular flexibility index (Phi) is 4.38. The van der Waals surface area contributed by atoms with Crippen molar-refractivity contribution in [2.75, 3.05) is 7.11 Å². The van der Waals surface area contributed by atoms with Crippen molar-refractivity contribution in [1.29, 1.82) is 0 Å². The van der Waals surface area contributed by atoms with Crippen LogP contribution in [0.25, 0.3) is 0 Å². The van der Waals surface area contributed by atoms with Crippen LogP contribution in [0.3, 0.4) is 0 Å². The van der Waals surface area contributed by atoms with Gasteiger partial charge in [0, 0.05) is 29.1 Å². The minimum absolute atomic E-state index is 0.302. The summed E-state index contributed by atoms with van der Waals surface area (Å²) in [7, 11) is 1.73. The third kappa shape index (κ3) is 3.14. The maximum absolute atomic E-state index is 6.34. The summed E-state index contributed by atoms with van der Waals surface area (Å²) in [5.74, 6) is 1.50. The first-order valence-electron chi connectivity index (χ1n) is 7.58. The lowest BCUT2D eigenvalue weighted by Gasteiger charge is -2.39. The highest BCUT2D eigenvalue weighted by Crippen LogP contribution is 2.40. The molecule has 2 N–H and O–H groups in total. The molecule has 20 heavy (non-hydrogen) atoms. The van der Waals surface area contributed by atoms with Gasteiger partial charge in [-0.3, -0.25) is 4.98 Å². The van der Waals surface area contributed by atoms with Crippen molar-refractivity contribution in [3.8, 4) is 5.75 Å². The molecule has 0 radical (unpaired) electrons. The zero-order chi connectivity index (χ0) is 14.9. The van der Waals surface area contributed by atoms with E-state index >= 15 is 0 Å². The smallest absolute Gasteiger partial charge is 0.128 e. The Labute approximate surface area is 122 Å². The highest BCUT2D eigenvalue weighted by molar-refractivity contribution is 5.41. The second-order valence-corrected chi connectivity index (χ2v) is 7.08. The Balaban J connectivity index is 2.21. The van der Waals surface area contributed by atoms with E-state index in [0.29, 0.717) is 17.4 Å². The van der Waals surface area contributed by atoms with E-state index in [-0.39, 0.29) is 0 Å². The minimum Gasteiger partial charge on any atom is -0.496 e. The van der Waals surface area contributed by atoms with Crippen molar-refractivity contribution < 1.29 is 4.74 Å². The number of methoxy groups -OCH3 is 1. The molecule has 3 heteroatoms. The van der Waals surface area contributed by atoms with Gasteiger partial charge in [0.1, 0.15) is 5.75 Å². The zero-order valence-electron chi connectivity index (χ0n) is 13.5. The first kappa shape index (κ1) is 15.3. The molecule has 1 fully saturated rings. The number of pyridine rings is 1. The van der Waals surface area contributed by atoms with Crippen molar-refractivity contribution in [2.24, 2.45) is 17.1 Å². The predicted octanol–water partition coefficient (Wildman–Crippen LogP) is 3.40. The SMILES string of the molecule is COc1c(C)cnc(CC2CC(C)(C)CCC2N)c1C. The summed E-state index contributed by atoms with van der Waals surface area (Å²) in [5.41, 5.74) is 10.2. The van der Waals surface area contributed by atoms with E-state index in [4.69, 9.17) is 10.5 Å². The molecule has 1 aromatic heterocycles. The van der Waals surface area contributed by atoms with E-state index in [0.717, 1.165) is 29.8 Å². The molecule has 1 aliphatic carbocycles. The molecule has 2 unspecified atom stereocenters. The second kappa shape index (κ2) is 5.72. The molecule has 0 saturated heterocycles. The van der Waals surface area contributed by atoms with Crippen LogP contribution in [-0.2, 0) is 6.42 Å². The lowest BCUT2D eigenvalue weighted by Crippen LogP contribution is -2.40. The fourth-order valence-corrected chi connectivity index (χ4v) is 3.51. The summed E-state index contributed by atoms with van der Waals surface area (Å²) < 4.78 is 5.50. The molecular formula is C17H28N2O. The molecule has 0 aliphatic heterocycles. The van der Waals surface area contributed by atoms with E-state index in [1.807, 2.05) is 13.1 Å². The van der Waals surface area contributed by atoms with Crippen molar-refractivity contribution in [2.45, 2.75) is 59.4 Å². The molecule has 2 rings (SSSR count). The molecule has 0 spiro atoms. The lowest BCUT2D eigenvalue weighted by molar-refractivity contribution is 0.156. The molecule has 0 bridgehead atoms. The summed E-state index contributed by atoms with van der Waals surface area (Å²) in [5, 5.41) is 0. The van der Waals surface area contributed by atoms with Gasteiger partial charge >= 0.3 is 0 Å². The molecular weight excluding hydrogens is 248 g/mol. The number of aromatic nitrogens is 1. The van der Waals surface area contributed by atoms with Gasteiger partial charge in [0.2, 0.25) is 0 Å².